The van der Waals surface area contributed by atoms with E-state index in [1.54, 1.807) is 17.3 Å². The molecule has 1 unspecified atom stereocenters. The van der Waals surface area contributed by atoms with Crippen molar-refractivity contribution < 1.29 is 18.8 Å². The lowest BCUT2D eigenvalue weighted by atomic mass is 10.1. The Labute approximate surface area is 191 Å². The van der Waals surface area contributed by atoms with Crippen molar-refractivity contribution in [1.29, 1.82) is 0 Å². The second-order valence-electron chi connectivity index (χ2n) is 8.95. The van der Waals surface area contributed by atoms with Gasteiger partial charge in [-0.25, -0.2) is 14.8 Å². The number of rotatable bonds is 4. The van der Waals surface area contributed by atoms with Crippen LogP contribution in [0.3, 0.4) is 0 Å². The highest BCUT2D eigenvalue weighted by molar-refractivity contribution is 7.92. The molecule has 0 bridgehead atoms. The first-order valence-corrected chi connectivity index (χ1v) is 11.8. The van der Waals surface area contributed by atoms with Gasteiger partial charge in [0.05, 0.1) is 26.3 Å². The predicted octanol–water partition coefficient (Wildman–Crippen LogP) is 2.29. The molecular weight excluding hydrogens is 430 g/mol. The molecule has 1 amide bonds. The quantitative estimate of drug-likeness (QED) is 0.692. The summed E-state index contributed by atoms with van der Waals surface area (Å²) in [6, 6.07) is 5.93. The summed E-state index contributed by atoms with van der Waals surface area (Å²) in [4.78, 5) is 25.0. The first kappa shape index (κ1) is 22.6. The number of ether oxygens (including phenoxy) is 2. The number of nitrogens with zero attached hydrogens (tertiary/aromatic N) is 4. The molecule has 3 heterocycles. The van der Waals surface area contributed by atoms with Crippen LogP contribution in [0.2, 0.25) is 0 Å². The molecule has 2 N–H and O–H groups in total. The molecule has 9 nitrogen and oxygen atoms in total. The second kappa shape index (κ2) is 9.13. The number of nitrogen functional groups attached to an aromatic ring is 1. The molecule has 32 heavy (non-hydrogen) atoms. The molecule has 2 fully saturated rings. The Morgan fingerprint density at radius 1 is 1.16 bits per heavy atom. The van der Waals surface area contributed by atoms with Crippen molar-refractivity contribution in [2.75, 3.05) is 50.0 Å². The Morgan fingerprint density at radius 2 is 1.81 bits per heavy atom. The molecule has 0 spiro atoms. The van der Waals surface area contributed by atoms with Gasteiger partial charge in [0, 0.05) is 48.9 Å². The molecule has 0 radical (unpaired) electrons. The third-order valence-electron chi connectivity index (χ3n) is 5.31. The largest absolute Gasteiger partial charge is 0.611 e. The molecule has 10 heteroatoms. The van der Waals surface area contributed by atoms with E-state index in [1.807, 2.05) is 32.9 Å². The van der Waals surface area contributed by atoms with Crippen molar-refractivity contribution in [2.24, 2.45) is 0 Å². The van der Waals surface area contributed by atoms with E-state index in [9.17, 15) is 9.35 Å². The third kappa shape index (κ3) is 5.25. The van der Waals surface area contributed by atoms with Crippen LogP contribution < -0.4 is 10.6 Å². The number of aromatic nitrogens is 2. The molecule has 0 saturated carbocycles. The summed E-state index contributed by atoms with van der Waals surface area (Å²) in [6.45, 7) is 9.16. The van der Waals surface area contributed by atoms with Gasteiger partial charge < -0.3 is 24.7 Å². The van der Waals surface area contributed by atoms with Crippen molar-refractivity contribution in [3.63, 3.8) is 0 Å². The maximum atomic E-state index is 13.4. The van der Waals surface area contributed by atoms with Crippen LogP contribution in [0.1, 0.15) is 20.8 Å². The van der Waals surface area contributed by atoms with E-state index in [0.717, 1.165) is 34.8 Å². The van der Waals surface area contributed by atoms with Gasteiger partial charge in [0.2, 0.25) is 5.95 Å². The van der Waals surface area contributed by atoms with E-state index < -0.39 is 16.8 Å². The smallest absolute Gasteiger partial charge is 0.410 e. The fourth-order valence-corrected chi connectivity index (χ4v) is 5.09. The molecule has 0 aliphatic carbocycles. The number of benzene rings is 1. The Balaban J connectivity index is 1.55. The number of nitrogens with two attached hydrogens (primary N) is 1. The maximum Gasteiger partial charge on any atom is 0.410 e. The van der Waals surface area contributed by atoms with Gasteiger partial charge in [0.1, 0.15) is 5.60 Å². The molecule has 2 saturated heterocycles. The minimum absolute atomic E-state index is 0.141. The second-order valence-corrected chi connectivity index (χ2v) is 10.7. The van der Waals surface area contributed by atoms with Gasteiger partial charge >= 0.3 is 6.09 Å². The monoisotopic (exact) mass is 459 g/mol. The van der Waals surface area contributed by atoms with E-state index >= 15 is 0 Å². The summed E-state index contributed by atoms with van der Waals surface area (Å²) < 4.78 is 24.3. The van der Waals surface area contributed by atoms with Crippen LogP contribution in [-0.2, 0) is 20.6 Å². The van der Waals surface area contributed by atoms with E-state index in [-0.39, 0.29) is 17.3 Å². The zero-order valence-corrected chi connectivity index (χ0v) is 19.4. The fourth-order valence-electron chi connectivity index (χ4n) is 3.60. The van der Waals surface area contributed by atoms with Gasteiger partial charge in [-0.1, -0.05) is 0 Å². The Bertz CT molecular complexity index is 954. The molecule has 172 valence electrons. The van der Waals surface area contributed by atoms with Gasteiger partial charge in [-0.15, -0.1) is 0 Å². The van der Waals surface area contributed by atoms with Crippen LogP contribution in [-0.4, -0.2) is 75.8 Å². The number of anilines is 2. The first-order valence-electron chi connectivity index (χ1n) is 10.6. The van der Waals surface area contributed by atoms with Gasteiger partial charge in [-0.2, -0.15) is 0 Å². The maximum absolute atomic E-state index is 13.4. The van der Waals surface area contributed by atoms with E-state index in [2.05, 4.69) is 20.9 Å². The highest BCUT2D eigenvalue weighted by Crippen LogP contribution is 2.33. The molecule has 2 aliphatic rings. The summed E-state index contributed by atoms with van der Waals surface area (Å²) in [5, 5.41) is -0.141. The summed E-state index contributed by atoms with van der Waals surface area (Å²) in [7, 11) is 0. The highest BCUT2D eigenvalue weighted by atomic mass is 32.2. The molecular formula is C22H29N5O4S. The van der Waals surface area contributed by atoms with Crippen LogP contribution in [0, 0.1) is 0 Å². The van der Waals surface area contributed by atoms with E-state index in [1.165, 1.54) is 0 Å². The third-order valence-corrected chi connectivity index (χ3v) is 6.91. The Kier molecular flexibility index (Phi) is 6.45. The fraction of sp³-hybridized carbons (Fsp3) is 0.500. The van der Waals surface area contributed by atoms with Gasteiger partial charge in [-0.05, 0) is 43.6 Å². The lowest BCUT2D eigenvalue weighted by Gasteiger charge is -2.39. The summed E-state index contributed by atoms with van der Waals surface area (Å²) >= 11 is -1.28. The standard InChI is InChI=1S/C22H29N5O4S/c1-22(2,3)31-21(28)27-13-19(14-27)32(29)18-9-15(16-11-24-20(23)25-12-16)8-17(10-18)26-4-6-30-7-5-26/h8-12,19H,4-7,13-14H2,1-3H3,(H2,23,24,25). The number of hydrogen-bond donors (Lipinski definition) is 1. The minimum Gasteiger partial charge on any atom is -0.611 e. The number of amides is 1. The summed E-state index contributed by atoms with van der Waals surface area (Å²) in [6.07, 6.45) is 2.97. The average Bonchev–Trinajstić information content (AvgIpc) is 2.72. The van der Waals surface area contributed by atoms with Crippen molar-refractivity contribution in [3.05, 3.63) is 30.6 Å². The van der Waals surface area contributed by atoms with Crippen LogP contribution in [0.4, 0.5) is 16.4 Å². The van der Waals surface area contributed by atoms with Crippen molar-refractivity contribution >= 4 is 28.9 Å². The van der Waals surface area contributed by atoms with E-state index in [0.29, 0.717) is 26.3 Å². The number of likely N-dealkylation sites (tertiary alicyclic amines) is 1. The predicted molar refractivity (Wildman–Crippen MR) is 123 cm³/mol. The summed E-state index contributed by atoms with van der Waals surface area (Å²) in [5.74, 6) is 0.207. The molecule has 1 aromatic heterocycles. The van der Waals surface area contributed by atoms with Gasteiger partial charge in [0.15, 0.2) is 10.1 Å². The molecule has 1 aromatic carbocycles. The molecule has 2 aliphatic heterocycles. The lowest BCUT2D eigenvalue weighted by Crippen LogP contribution is -2.57. The topological polar surface area (TPSA) is 117 Å². The zero-order valence-electron chi connectivity index (χ0n) is 18.6. The number of carbonyl (C=O) groups excluding carboxylic acids is 1. The number of morpholine rings is 1. The van der Waals surface area contributed by atoms with Crippen molar-refractivity contribution in [2.45, 2.75) is 36.5 Å². The van der Waals surface area contributed by atoms with Gasteiger partial charge in [-0.3, -0.25) is 4.90 Å². The van der Waals surface area contributed by atoms with Crippen molar-refractivity contribution in [3.8, 4) is 11.1 Å². The Hall–Kier alpha value is -2.56. The molecule has 1 atom stereocenters. The molecule has 2 aromatic rings. The normalized spacial score (nSPS) is 18.2. The lowest BCUT2D eigenvalue weighted by molar-refractivity contribution is 0.0139. The zero-order chi connectivity index (χ0) is 22.9. The molecule has 4 rings (SSSR count). The van der Waals surface area contributed by atoms with Crippen LogP contribution in [0.25, 0.3) is 11.1 Å². The number of carbonyl (C=O) groups is 1. The summed E-state index contributed by atoms with van der Waals surface area (Å²) in [5.41, 5.74) is 7.74. The van der Waals surface area contributed by atoms with Crippen LogP contribution in [0.5, 0.6) is 0 Å². The SMILES string of the molecule is CC(C)(C)OC(=O)N1CC([S+]([O-])c2cc(-c3cnc(N)nc3)cc(N3CCOCC3)c2)C1. The Morgan fingerprint density at radius 3 is 2.44 bits per heavy atom. The first-order chi connectivity index (χ1) is 15.2. The average molecular weight is 460 g/mol. The van der Waals surface area contributed by atoms with Crippen LogP contribution >= 0.6 is 0 Å². The minimum atomic E-state index is -1.28. The number of hydrogen-bond acceptors (Lipinski definition) is 8. The van der Waals surface area contributed by atoms with Crippen LogP contribution in [0.15, 0.2) is 35.5 Å². The highest BCUT2D eigenvalue weighted by Gasteiger charge is 2.42. The van der Waals surface area contributed by atoms with E-state index in [4.69, 9.17) is 15.2 Å². The van der Waals surface area contributed by atoms with Crippen molar-refractivity contribution in [1.82, 2.24) is 14.9 Å². The van der Waals surface area contributed by atoms with Gasteiger partial charge in [0.25, 0.3) is 0 Å².